The van der Waals surface area contributed by atoms with Crippen LogP contribution < -0.4 is 4.90 Å². The van der Waals surface area contributed by atoms with Gasteiger partial charge in [-0.05, 0) is 140 Å². The fraction of sp³-hybridized carbons (Fsp3) is 0.100. The maximum atomic E-state index is 2.48. The van der Waals surface area contributed by atoms with Crippen molar-refractivity contribution in [3.8, 4) is 50.2 Å². The Morgan fingerprint density at radius 2 is 0.758 bits per heavy atom. The summed E-state index contributed by atoms with van der Waals surface area (Å²) in [7, 11) is 0. The second-order valence-electron chi connectivity index (χ2n) is 18.2. The second kappa shape index (κ2) is 13.5. The van der Waals surface area contributed by atoms with Crippen LogP contribution in [0.4, 0.5) is 17.1 Å². The first-order valence-electron chi connectivity index (χ1n) is 21.8. The van der Waals surface area contributed by atoms with E-state index in [1.807, 2.05) is 0 Å². The molecule has 0 amide bonds. The molecule has 0 radical (unpaired) electrons. The zero-order chi connectivity index (χ0) is 41.7. The summed E-state index contributed by atoms with van der Waals surface area (Å²) in [6.07, 6.45) is 0. The van der Waals surface area contributed by atoms with E-state index in [1.165, 1.54) is 99.9 Å². The summed E-state index contributed by atoms with van der Waals surface area (Å²) >= 11 is 0. The third-order valence-corrected chi connectivity index (χ3v) is 14.0. The first-order valence-corrected chi connectivity index (χ1v) is 21.8. The van der Waals surface area contributed by atoms with E-state index in [-0.39, 0.29) is 10.8 Å². The molecule has 2 nitrogen and oxygen atoms in total. The summed E-state index contributed by atoms with van der Waals surface area (Å²) in [5.74, 6) is 0. The van der Waals surface area contributed by atoms with Gasteiger partial charge >= 0.3 is 0 Å². The Labute approximate surface area is 364 Å². The minimum atomic E-state index is -0.236. The van der Waals surface area contributed by atoms with E-state index in [2.05, 4.69) is 243 Å². The molecule has 1 heterocycles. The van der Waals surface area contributed by atoms with E-state index in [0.717, 1.165) is 11.4 Å². The lowest BCUT2D eigenvalue weighted by Gasteiger charge is -2.29. The van der Waals surface area contributed by atoms with Crippen LogP contribution in [0, 0.1) is 0 Å². The Morgan fingerprint density at radius 3 is 1.31 bits per heavy atom. The number of benzene rings is 9. The summed E-state index contributed by atoms with van der Waals surface area (Å²) in [4.78, 5) is 2.44. The van der Waals surface area contributed by atoms with Crippen LogP contribution in [0.15, 0.2) is 206 Å². The maximum Gasteiger partial charge on any atom is 0.0541 e. The molecule has 296 valence electrons. The molecule has 0 saturated carbocycles. The molecule has 9 aromatic carbocycles. The van der Waals surface area contributed by atoms with Gasteiger partial charge in [-0.1, -0.05) is 161 Å². The highest BCUT2D eigenvalue weighted by Crippen LogP contribution is 2.53. The Morgan fingerprint density at radius 1 is 0.323 bits per heavy atom. The second-order valence-corrected chi connectivity index (χ2v) is 18.2. The fourth-order valence-corrected chi connectivity index (χ4v) is 10.8. The standard InChI is InChI=1S/C60H46N2/c1-59(2)53-23-15-14-22-47(53)48-29-26-44(36-54(48)59)61(43-20-12-7-13-21-43)45-27-30-49-50-31-28-46(38-56(50)60(3,4)55(49)37-45)62-57-32-24-41(39-16-8-5-9-17-39)34-51(57)52-35-42(25-33-58(52)62)40-18-10-6-11-19-40/h5-38H,1-4H3. The van der Waals surface area contributed by atoms with Crippen LogP contribution in [-0.4, -0.2) is 4.57 Å². The van der Waals surface area contributed by atoms with E-state index in [9.17, 15) is 0 Å². The van der Waals surface area contributed by atoms with Crippen LogP contribution in [0.2, 0.25) is 0 Å². The number of aromatic nitrogens is 1. The van der Waals surface area contributed by atoms with Crippen molar-refractivity contribution < 1.29 is 0 Å². The topological polar surface area (TPSA) is 8.17 Å². The average Bonchev–Trinajstić information content (AvgIpc) is 3.85. The van der Waals surface area contributed by atoms with Crippen LogP contribution >= 0.6 is 0 Å². The molecule has 10 aromatic rings. The average molecular weight is 795 g/mol. The number of hydrogen-bond acceptors (Lipinski definition) is 1. The van der Waals surface area contributed by atoms with Crippen LogP contribution in [0.5, 0.6) is 0 Å². The first kappa shape index (κ1) is 36.4. The maximum absolute atomic E-state index is 2.48. The predicted octanol–water partition coefficient (Wildman–Crippen LogP) is 16.2. The van der Waals surface area contributed by atoms with Crippen LogP contribution in [-0.2, 0) is 10.8 Å². The molecule has 62 heavy (non-hydrogen) atoms. The first-order chi connectivity index (χ1) is 30.3. The highest BCUT2D eigenvalue weighted by atomic mass is 15.1. The molecular weight excluding hydrogens is 749 g/mol. The van der Waals surface area contributed by atoms with E-state index in [4.69, 9.17) is 0 Å². The van der Waals surface area contributed by atoms with Crippen molar-refractivity contribution >= 4 is 38.9 Å². The summed E-state index contributed by atoms with van der Waals surface area (Å²) < 4.78 is 2.48. The van der Waals surface area contributed by atoms with Crippen molar-refractivity contribution in [1.29, 1.82) is 0 Å². The summed E-state index contributed by atoms with van der Waals surface area (Å²) in [5.41, 5.74) is 22.4. The smallest absolute Gasteiger partial charge is 0.0541 e. The van der Waals surface area contributed by atoms with E-state index in [1.54, 1.807) is 0 Å². The van der Waals surface area contributed by atoms with Crippen LogP contribution in [0.25, 0.3) is 72.0 Å². The van der Waals surface area contributed by atoms with Gasteiger partial charge < -0.3 is 9.47 Å². The molecule has 0 saturated heterocycles. The van der Waals surface area contributed by atoms with Crippen LogP contribution in [0.1, 0.15) is 49.9 Å². The van der Waals surface area contributed by atoms with Gasteiger partial charge in [0.05, 0.1) is 11.0 Å². The third kappa shape index (κ3) is 5.43. The van der Waals surface area contributed by atoms with Gasteiger partial charge in [0, 0.05) is 44.4 Å². The van der Waals surface area contributed by atoms with Gasteiger partial charge in [-0.3, -0.25) is 0 Å². The van der Waals surface area contributed by atoms with Gasteiger partial charge in [0.2, 0.25) is 0 Å². The minimum Gasteiger partial charge on any atom is -0.310 e. The van der Waals surface area contributed by atoms with Gasteiger partial charge in [-0.2, -0.15) is 0 Å². The Balaban J connectivity index is 0.982. The summed E-state index contributed by atoms with van der Waals surface area (Å²) in [6.45, 7) is 9.52. The van der Waals surface area contributed by atoms with Gasteiger partial charge in [-0.15, -0.1) is 0 Å². The van der Waals surface area contributed by atoms with Gasteiger partial charge in [0.25, 0.3) is 0 Å². The Bertz CT molecular complexity index is 3290. The molecule has 0 fully saturated rings. The number of nitrogens with zero attached hydrogens (tertiary/aromatic N) is 2. The van der Waals surface area contributed by atoms with Gasteiger partial charge in [-0.25, -0.2) is 0 Å². The summed E-state index contributed by atoms with van der Waals surface area (Å²) in [5, 5.41) is 2.51. The lowest BCUT2D eigenvalue weighted by Crippen LogP contribution is -2.18. The molecule has 1 aromatic heterocycles. The Kier molecular flexibility index (Phi) is 7.96. The SMILES string of the molecule is CC1(C)c2ccccc2-c2ccc(N(c3ccccc3)c3ccc4c(c3)C(C)(C)c3cc(-n5c6ccc(-c7ccccc7)cc6c6cc(-c7ccccc7)ccc65)ccc3-4)cc21. The molecule has 0 spiro atoms. The lowest BCUT2D eigenvalue weighted by atomic mass is 9.82. The minimum absolute atomic E-state index is 0.0890. The largest absolute Gasteiger partial charge is 0.310 e. The molecule has 2 heteroatoms. The molecule has 2 aliphatic carbocycles. The Hall–Kier alpha value is -7.42. The van der Waals surface area contributed by atoms with Crippen molar-refractivity contribution in [3.63, 3.8) is 0 Å². The summed E-state index contributed by atoms with van der Waals surface area (Å²) in [6, 6.07) is 76.5. The van der Waals surface area contributed by atoms with Crippen LogP contribution in [0.3, 0.4) is 0 Å². The zero-order valence-corrected chi connectivity index (χ0v) is 35.5. The predicted molar refractivity (Wildman–Crippen MR) is 261 cm³/mol. The highest BCUT2D eigenvalue weighted by Gasteiger charge is 2.38. The monoisotopic (exact) mass is 794 g/mol. The lowest BCUT2D eigenvalue weighted by molar-refractivity contribution is 0.659. The highest BCUT2D eigenvalue weighted by molar-refractivity contribution is 6.11. The number of hydrogen-bond donors (Lipinski definition) is 0. The molecule has 0 unspecified atom stereocenters. The molecule has 0 aliphatic heterocycles. The third-order valence-electron chi connectivity index (χ3n) is 14.0. The molecule has 2 aliphatic rings. The number of rotatable bonds is 6. The van der Waals surface area contributed by atoms with Crippen molar-refractivity contribution in [3.05, 3.63) is 229 Å². The van der Waals surface area contributed by atoms with E-state index in [0.29, 0.717) is 0 Å². The van der Waals surface area contributed by atoms with E-state index >= 15 is 0 Å². The van der Waals surface area contributed by atoms with Crippen molar-refractivity contribution in [2.24, 2.45) is 0 Å². The van der Waals surface area contributed by atoms with Crippen molar-refractivity contribution in [2.75, 3.05) is 4.90 Å². The zero-order valence-electron chi connectivity index (χ0n) is 35.5. The molecule has 12 rings (SSSR count). The molecular formula is C60H46N2. The molecule has 0 atom stereocenters. The van der Waals surface area contributed by atoms with Gasteiger partial charge in [0.1, 0.15) is 0 Å². The molecule has 0 bridgehead atoms. The fourth-order valence-electron chi connectivity index (χ4n) is 10.8. The molecule has 0 N–H and O–H groups in total. The van der Waals surface area contributed by atoms with E-state index < -0.39 is 0 Å². The quantitative estimate of drug-likeness (QED) is 0.163. The number of para-hydroxylation sites is 1. The number of anilines is 3. The van der Waals surface area contributed by atoms with Crippen molar-refractivity contribution in [1.82, 2.24) is 4.57 Å². The van der Waals surface area contributed by atoms with Crippen molar-refractivity contribution in [2.45, 2.75) is 38.5 Å². The number of fused-ring (bicyclic) bond motifs is 9. The van der Waals surface area contributed by atoms with Gasteiger partial charge in [0.15, 0.2) is 0 Å². The normalized spacial score (nSPS) is 14.1.